The minimum atomic E-state index is -0.451. The zero-order valence-corrected chi connectivity index (χ0v) is 11.0. The van der Waals surface area contributed by atoms with Crippen molar-refractivity contribution in [3.05, 3.63) is 12.2 Å². The van der Waals surface area contributed by atoms with Crippen molar-refractivity contribution in [2.45, 2.75) is 33.2 Å². The third-order valence-corrected chi connectivity index (χ3v) is 2.45. The van der Waals surface area contributed by atoms with Gasteiger partial charge in [0.15, 0.2) is 0 Å². The molecule has 1 N–H and O–H groups in total. The molecule has 0 aromatic heterocycles. The molecule has 0 bridgehead atoms. The summed E-state index contributed by atoms with van der Waals surface area (Å²) < 4.78 is 4.86. The average molecular weight is 253 g/mol. The molecule has 1 heterocycles. The summed E-state index contributed by atoms with van der Waals surface area (Å²) in [5.74, 6) is -0.451. The standard InChI is InChI=1S/C12H19N3O3/c1-8(2)11(16)18-6-5-13-12(17)15-10(4)7-9(3)14-15/h10H,1,5-7H2,2-4H3,(H,13,17). The lowest BCUT2D eigenvalue weighted by atomic mass is 10.2. The molecule has 1 rings (SSSR count). The van der Waals surface area contributed by atoms with Crippen LogP contribution in [0.25, 0.3) is 0 Å². The topological polar surface area (TPSA) is 71.0 Å². The van der Waals surface area contributed by atoms with Gasteiger partial charge >= 0.3 is 12.0 Å². The molecule has 0 aliphatic carbocycles. The number of urea groups is 1. The fourth-order valence-electron chi connectivity index (χ4n) is 1.59. The Morgan fingerprint density at radius 3 is 2.78 bits per heavy atom. The van der Waals surface area contributed by atoms with Crippen LogP contribution in [-0.4, -0.2) is 41.9 Å². The van der Waals surface area contributed by atoms with E-state index in [1.165, 1.54) is 5.01 Å². The Hall–Kier alpha value is -1.85. The number of ether oxygens (including phenoxy) is 1. The summed E-state index contributed by atoms with van der Waals surface area (Å²) in [7, 11) is 0. The van der Waals surface area contributed by atoms with Crippen molar-refractivity contribution >= 4 is 17.7 Å². The second-order valence-electron chi connectivity index (χ2n) is 4.38. The number of hydrogen-bond donors (Lipinski definition) is 1. The van der Waals surface area contributed by atoms with Gasteiger partial charge in [-0.15, -0.1) is 0 Å². The van der Waals surface area contributed by atoms with E-state index in [9.17, 15) is 9.59 Å². The molecule has 0 radical (unpaired) electrons. The van der Waals surface area contributed by atoms with Crippen molar-refractivity contribution in [2.75, 3.05) is 13.2 Å². The van der Waals surface area contributed by atoms with Crippen LogP contribution in [0.4, 0.5) is 4.79 Å². The van der Waals surface area contributed by atoms with Gasteiger partial charge in [-0.1, -0.05) is 6.58 Å². The lowest BCUT2D eigenvalue weighted by Crippen LogP contribution is -2.40. The highest BCUT2D eigenvalue weighted by Gasteiger charge is 2.25. The van der Waals surface area contributed by atoms with E-state index in [0.29, 0.717) is 5.57 Å². The molecule has 100 valence electrons. The Labute approximate surface area is 107 Å². The predicted molar refractivity (Wildman–Crippen MR) is 68.2 cm³/mol. The number of hydrogen-bond acceptors (Lipinski definition) is 4. The van der Waals surface area contributed by atoms with Crippen LogP contribution in [0.5, 0.6) is 0 Å². The van der Waals surface area contributed by atoms with E-state index < -0.39 is 5.97 Å². The quantitative estimate of drug-likeness (QED) is 0.466. The Bertz CT molecular complexity index is 390. The summed E-state index contributed by atoms with van der Waals surface area (Å²) in [5.41, 5.74) is 1.28. The third-order valence-electron chi connectivity index (χ3n) is 2.45. The van der Waals surface area contributed by atoms with Gasteiger partial charge in [0.25, 0.3) is 0 Å². The molecule has 0 aromatic carbocycles. The summed E-state index contributed by atoms with van der Waals surface area (Å²) in [6.45, 7) is 9.24. The first-order valence-corrected chi connectivity index (χ1v) is 5.85. The number of carbonyl (C=O) groups excluding carboxylic acids is 2. The number of esters is 1. The summed E-state index contributed by atoms with van der Waals surface area (Å²) in [6, 6.07) is -0.200. The van der Waals surface area contributed by atoms with E-state index in [2.05, 4.69) is 17.0 Å². The van der Waals surface area contributed by atoms with Gasteiger partial charge in [0.2, 0.25) is 0 Å². The monoisotopic (exact) mass is 253 g/mol. The Morgan fingerprint density at radius 1 is 1.61 bits per heavy atom. The predicted octanol–water partition coefficient (Wildman–Crippen LogP) is 1.29. The number of carbonyl (C=O) groups is 2. The maximum absolute atomic E-state index is 11.7. The van der Waals surface area contributed by atoms with Gasteiger partial charge < -0.3 is 10.1 Å². The average Bonchev–Trinajstić information content (AvgIpc) is 2.63. The number of nitrogens with zero attached hydrogens (tertiary/aromatic N) is 2. The van der Waals surface area contributed by atoms with Gasteiger partial charge in [-0.2, -0.15) is 5.10 Å². The van der Waals surface area contributed by atoms with Crippen molar-refractivity contribution in [1.82, 2.24) is 10.3 Å². The van der Waals surface area contributed by atoms with Crippen molar-refractivity contribution in [3.63, 3.8) is 0 Å². The first kappa shape index (κ1) is 14.2. The molecule has 0 saturated carbocycles. The zero-order chi connectivity index (χ0) is 13.7. The molecule has 0 aromatic rings. The Balaban J connectivity index is 2.26. The fourth-order valence-corrected chi connectivity index (χ4v) is 1.59. The minimum Gasteiger partial charge on any atom is -0.460 e. The van der Waals surface area contributed by atoms with E-state index in [4.69, 9.17) is 4.74 Å². The lowest BCUT2D eigenvalue weighted by Gasteiger charge is -2.18. The van der Waals surface area contributed by atoms with Crippen molar-refractivity contribution < 1.29 is 14.3 Å². The van der Waals surface area contributed by atoms with Gasteiger partial charge in [0.1, 0.15) is 6.61 Å². The highest BCUT2D eigenvalue weighted by Crippen LogP contribution is 2.14. The summed E-state index contributed by atoms with van der Waals surface area (Å²) in [5, 5.41) is 8.18. The summed E-state index contributed by atoms with van der Waals surface area (Å²) >= 11 is 0. The highest BCUT2D eigenvalue weighted by molar-refractivity contribution is 5.88. The van der Waals surface area contributed by atoms with Crippen LogP contribution >= 0.6 is 0 Å². The molecular weight excluding hydrogens is 234 g/mol. The van der Waals surface area contributed by atoms with Crippen molar-refractivity contribution in [2.24, 2.45) is 5.10 Å². The SMILES string of the molecule is C=C(C)C(=O)OCCNC(=O)N1N=C(C)CC1C. The van der Waals surface area contributed by atoms with Crippen LogP contribution in [-0.2, 0) is 9.53 Å². The smallest absolute Gasteiger partial charge is 0.338 e. The molecule has 1 aliphatic rings. The van der Waals surface area contributed by atoms with Gasteiger partial charge in [0.05, 0.1) is 12.6 Å². The molecule has 18 heavy (non-hydrogen) atoms. The summed E-state index contributed by atoms with van der Waals surface area (Å²) in [4.78, 5) is 22.8. The minimum absolute atomic E-state index is 0.0722. The largest absolute Gasteiger partial charge is 0.460 e. The molecule has 6 nitrogen and oxygen atoms in total. The van der Waals surface area contributed by atoms with Crippen molar-refractivity contribution in [1.29, 1.82) is 0 Å². The second kappa shape index (κ2) is 6.18. The third kappa shape index (κ3) is 3.87. The molecule has 1 aliphatic heterocycles. The highest BCUT2D eigenvalue weighted by atomic mass is 16.5. The van der Waals surface area contributed by atoms with E-state index in [1.807, 2.05) is 13.8 Å². The number of nitrogens with one attached hydrogen (secondary N) is 1. The first-order valence-electron chi connectivity index (χ1n) is 5.85. The van der Waals surface area contributed by atoms with Gasteiger partial charge in [-0.25, -0.2) is 14.6 Å². The normalized spacial score (nSPS) is 18.3. The Kier molecular flexibility index (Phi) is 4.88. The lowest BCUT2D eigenvalue weighted by molar-refractivity contribution is -0.138. The van der Waals surface area contributed by atoms with Crippen LogP contribution in [0.1, 0.15) is 27.2 Å². The first-order chi connectivity index (χ1) is 8.41. The molecule has 0 saturated heterocycles. The molecule has 1 atom stereocenters. The van der Waals surface area contributed by atoms with E-state index in [1.54, 1.807) is 6.92 Å². The second-order valence-corrected chi connectivity index (χ2v) is 4.38. The molecule has 2 amide bonds. The van der Waals surface area contributed by atoms with Gasteiger partial charge in [-0.3, -0.25) is 0 Å². The molecule has 6 heteroatoms. The number of amides is 2. The van der Waals surface area contributed by atoms with E-state index in [0.717, 1.165) is 12.1 Å². The van der Waals surface area contributed by atoms with E-state index in [-0.39, 0.29) is 25.2 Å². The fraction of sp³-hybridized carbons (Fsp3) is 0.583. The molecule has 1 unspecified atom stereocenters. The summed E-state index contributed by atoms with van der Waals surface area (Å²) in [6.07, 6.45) is 0.790. The van der Waals surface area contributed by atoms with Crippen LogP contribution in [0.3, 0.4) is 0 Å². The Morgan fingerprint density at radius 2 is 2.28 bits per heavy atom. The van der Waals surface area contributed by atoms with Crippen LogP contribution in [0, 0.1) is 0 Å². The zero-order valence-electron chi connectivity index (χ0n) is 11.0. The maximum Gasteiger partial charge on any atom is 0.338 e. The van der Waals surface area contributed by atoms with Crippen LogP contribution < -0.4 is 5.32 Å². The van der Waals surface area contributed by atoms with Crippen LogP contribution in [0.15, 0.2) is 17.3 Å². The van der Waals surface area contributed by atoms with E-state index >= 15 is 0 Å². The van der Waals surface area contributed by atoms with Gasteiger partial charge in [0, 0.05) is 17.7 Å². The molecular formula is C12H19N3O3. The van der Waals surface area contributed by atoms with Gasteiger partial charge in [-0.05, 0) is 20.8 Å². The van der Waals surface area contributed by atoms with Crippen molar-refractivity contribution in [3.8, 4) is 0 Å². The molecule has 0 fully saturated rings. The van der Waals surface area contributed by atoms with Crippen LogP contribution in [0.2, 0.25) is 0 Å². The molecule has 0 spiro atoms. The number of rotatable bonds is 4. The number of hydrazone groups is 1. The maximum atomic E-state index is 11.7.